The van der Waals surface area contributed by atoms with Gasteiger partial charge < -0.3 is 5.11 Å². The molecule has 2 rings (SSSR count). The first-order valence-electron chi connectivity index (χ1n) is 6.54. The summed E-state index contributed by atoms with van der Waals surface area (Å²) in [5.41, 5.74) is 2.99. The van der Waals surface area contributed by atoms with Crippen LogP contribution in [0.15, 0.2) is 36.4 Å². The molecule has 0 bridgehead atoms. The van der Waals surface area contributed by atoms with E-state index in [1.807, 2.05) is 51.1 Å². The largest absolute Gasteiger partial charge is 0.385 e. The Hall–Kier alpha value is -1.02. The molecule has 0 aliphatic rings. The normalized spacial score (nSPS) is 14.1. The summed E-state index contributed by atoms with van der Waals surface area (Å²) < 4.78 is 0. The van der Waals surface area contributed by atoms with E-state index in [1.54, 1.807) is 6.07 Å². The predicted molar refractivity (Wildman–Crippen MR) is 85.7 cm³/mol. The maximum atomic E-state index is 10.9. The van der Waals surface area contributed by atoms with E-state index in [-0.39, 0.29) is 0 Å². The van der Waals surface area contributed by atoms with Gasteiger partial charge in [-0.05, 0) is 43.5 Å². The smallest absolute Gasteiger partial charge is 0.0911 e. The van der Waals surface area contributed by atoms with Crippen molar-refractivity contribution in [3.8, 4) is 0 Å². The van der Waals surface area contributed by atoms with E-state index in [0.29, 0.717) is 16.5 Å². The Balaban J connectivity index is 2.40. The molecule has 1 nitrogen and oxygen atoms in total. The second kappa shape index (κ2) is 5.77. The standard InChI is InChI=1S/C17H18Cl2O/c1-11-7-8-12(2)14(9-11)17(3,20)10-13-5-4-6-15(18)16(13)19/h4-9,20H,10H2,1-3H3. The Morgan fingerprint density at radius 3 is 2.50 bits per heavy atom. The average molecular weight is 309 g/mol. The maximum Gasteiger partial charge on any atom is 0.0911 e. The van der Waals surface area contributed by atoms with Gasteiger partial charge in [-0.1, -0.05) is 59.1 Å². The van der Waals surface area contributed by atoms with Crippen molar-refractivity contribution in [1.82, 2.24) is 0 Å². The predicted octanol–water partition coefficient (Wildman–Crippen LogP) is 5.06. The van der Waals surface area contributed by atoms with Gasteiger partial charge in [0.15, 0.2) is 0 Å². The molecule has 0 aromatic heterocycles. The number of hydrogen-bond donors (Lipinski definition) is 1. The average Bonchev–Trinajstić information content (AvgIpc) is 2.37. The van der Waals surface area contributed by atoms with Gasteiger partial charge in [-0.15, -0.1) is 0 Å². The molecular formula is C17H18Cl2O. The van der Waals surface area contributed by atoms with Crippen molar-refractivity contribution in [2.45, 2.75) is 32.8 Å². The van der Waals surface area contributed by atoms with Crippen LogP contribution >= 0.6 is 23.2 Å². The summed E-state index contributed by atoms with van der Waals surface area (Å²) in [5.74, 6) is 0. The van der Waals surface area contributed by atoms with Crippen molar-refractivity contribution < 1.29 is 5.11 Å². The fourth-order valence-electron chi connectivity index (χ4n) is 2.47. The third-order valence-electron chi connectivity index (χ3n) is 3.54. The van der Waals surface area contributed by atoms with Crippen molar-refractivity contribution >= 4 is 23.2 Å². The van der Waals surface area contributed by atoms with Crippen molar-refractivity contribution in [2.24, 2.45) is 0 Å². The van der Waals surface area contributed by atoms with Crippen LogP contribution in [0.4, 0.5) is 0 Å². The van der Waals surface area contributed by atoms with Gasteiger partial charge in [0.2, 0.25) is 0 Å². The first kappa shape index (κ1) is 15.4. The highest BCUT2D eigenvalue weighted by Gasteiger charge is 2.26. The van der Waals surface area contributed by atoms with Crippen LogP contribution in [0, 0.1) is 13.8 Å². The Kier molecular flexibility index (Phi) is 4.43. The third-order valence-corrected chi connectivity index (χ3v) is 4.40. The van der Waals surface area contributed by atoms with E-state index in [0.717, 1.165) is 22.3 Å². The van der Waals surface area contributed by atoms with Crippen molar-refractivity contribution in [3.05, 3.63) is 68.7 Å². The number of halogens is 2. The molecule has 2 aromatic carbocycles. The molecule has 3 heteroatoms. The Morgan fingerprint density at radius 1 is 1.10 bits per heavy atom. The lowest BCUT2D eigenvalue weighted by Crippen LogP contribution is -2.25. The molecule has 106 valence electrons. The highest BCUT2D eigenvalue weighted by molar-refractivity contribution is 6.42. The molecule has 1 unspecified atom stereocenters. The van der Waals surface area contributed by atoms with Crippen LogP contribution < -0.4 is 0 Å². The van der Waals surface area contributed by atoms with Gasteiger partial charge in [0.1, 0.15) is 0 Å². The minimum atomic E-state index is -0.982. The monoisotopic (exact) mass is 308 g/mol. The molecule has 1 N–H and O–H groups in total. The zero-order chi connectivity index (χ0) is 14.9. The maximum absolute atomic E-state index is 10.9. The highest BCUT2D eigenvalue weighted by atomic mass is 35.5. The zero-order valence-electron chi connectivity index (χ0n) is 11.9. The van der Waals surface area contributed by atoms with Crippen LogP contribution in [-0.2, 0) is 12.0 Å². The lowest BCUT2D eigenvalue weighted by molar-refractivity contribution is 0.0569. The molecule has 0 heterocycles. The van der Waals surface area contributed by atoms with Gasteiger partial charge in [-0.3, -0.25) is 0 Å². The fraction of sp³-hybridized carbons (Fsp3) is 0.294. The molecule has 0 spiro atoms. The van der Waals surface area contributed by atoms with Gasteiger partial charge in [0.05, 0.1) is 15.6 Å². The molecule has 0 fully saturated rings. The molecule has 0 saturated carbocycles. The number of rotatable bonds is 3. The van der Waals surface area contributed by atoms with E-state index in [9.17, 15) is 5.11 Å². The summed E-state index contributed by atoms with van der Waals surface area (Å²) in [5, 5.41) is 11.9. The van der Waals surface area contributed by atoms with Gasteiger partial charge in [-0.25, -0.2) is 0 Å². The Morgan fingerprint density at radius 2 is 1.80 bits per heavy atom. The Bertz CT molecular complexity index is 633. The second-order valence-corrected chi connectivity index (χ2v) is 6.27. The molecule has 0 amide bonds. The minimum absolute atomic E-state index is 0.427. The lowest BCUT2D eigenvalue weighted by atomic mass is 9.85. The van der Waals surface area contributed by atoms with E-state index >= 15 is 0 Å². The summed E-state index contributed by atoms with van der Waals surface area (Å²) in [6.45, 7) is 5.83. The Labute approximate surface area is 130 Å². The summed E-state index contributed by atoms with van der Waals surface area (Å²) >= 11 is 12.2. The van der Waals surface area contributed by atoms with Crippen LogP contribution in [0.1, 0.15) is 29.2 Å². The topological polar surface area (TPSA) is 20.2 Å². The number of aryl methyl sites for hydroxylation is 2. The van der Waals surface area contributed by atoms with E-state index in [4.69, 9.17) is 23.2 Å². The molecule has 0 radical (unpaired) electrons. The van der Waals surface area contributed by atoms with Crippen molar-refractivity contribution in [2.75, 3.05) is 0 Å². The molecular weight excluding hydrogens is 291 g/mol. The molecule has 0 saturated heterocycles. The molecule has 0 aliphatic carbocycles. The van der Waals surface area contributed by atoms with E-state index in [1.165, 1.54) is 0 Å². The first-order chi connectivity index (χ1) is 9.31. The number of aliphatic hydroxyl groups is 1. The van der Waals surface area contributed by atoms with Crippen molar-refractivity contribution in [3.63, 3.8) is 0 Å². The lowest BCUT2D eigenvalue weighted by Gasteiger charge is -2.27. The van der Waals surface area contributed by atoms with Gasteiger partial charge in [0, 0.05) is 6.42 Å². The van der Waals surface area contributed by atoms with Crippen molar-refractivity contribution in [1.29, 1.82) is 0 Å². The quantitative estimate of drug-likeness (QED) is 0.840. The zero-order valence-corrected chi connectivity index (χ0v) is 13.4. The minimum Gasteiger partial charge on any atom is -0.385 e. The van der Waals surface area contributed by atoms with Crippen LogP contribution in [-0.4, -0.2) is 5.11 Å². The van der Waals surface area contributed by atoms with Crippen LogP contribution in [0.25, 0.3) is 0 Å². The summed E-state index contributed by atoms with van der Waals surface area (Å²) in [4.78, 5) is 0. The van der Waals surface area contributed by atoms with Gasteiger partial charge >= 0.3 is 0 Å². The third kappa shape index (κ3) is 3.17. The summed E-state index contributed by atoms with van der Waals surface area (Å²) in [6, 6.07) is 11.6. The summed E-state index contributed by atoms with van der Waals surface area (Å²) in [6.07, 6.45) is 0.427. The first-order valence-corrected chi connectivity index (χ1v) is 7.30. The molecule has 0 aliphatic heterocycles. The van der Waals surface area contributed by atoms with Gasteiger partial charge in [-0.2, -0.15) is 0 Å². The van der Waals surface area contributed by atoms with Crippen LogP contribution in [0.2, 0.25) is 10.0 Å². The number of hydrogen-bond acceptors (Lipinski definition) is 1. The molecule has 20 heavy (non-hydrogen) atoms. The SMILES string of the molecule is Cc1ccc(C)c(C(C)(O)Cc2cccc(Cl)c2Cl)c1. The summed E-state index contributed by atoms with van der Waals surface area (Å²) in [7, 11) is 0. The van der Waals surface area contributed by atoms with Crippen LogP contribution in [0.3, 0.4) is 0 Å². The molecule has 1 atom stereocenters. The van der Waals surface area contributed by atoms with E-state index in [2.05, 4.69) is 0 Å². The van der Waals surface area contributed by atoms with Gasteiger partial charge in [0.25, 0.3) is 0 Å². The van der Waals surface area contributed by atoms with Crippen LogP contribution in [0.5, 0.6) is 0 Å². The highest BCUT2D eigenvalue weighted by Crippen LogP contribution is 2.33. The fourth-order valence-corrected chi connectivity index (χ4v) is 2.85. The molecule has 2 aromatic rings. The second-order valence-electron chi connectivity index (χ2n) is 5.48. The van der Waals surface area contributed by atoms with E-state index < -0.39 is 5.60 Å². The number of benzene rings is 2.